The van der Waals surface area contributed by atoms with Gasteiger partial charge in [0.05, 0.1) is 5.69 Å². The van der Waals surface area contributed by atoms with E-state index in [1.54, 1.807) is 18.0 Å². The number of rotatable bonds is 2. The molecule has 1 fully saturated rings. The molecule has 1 aromatic rings. The van der Waals surface area contributed by atoms with Gasteiger partial charge in [0.1, 0.15) is 6.26 Å². The van der Waals surface area contributed by atoms with E-state index >= 15 is 0 Å². The van der Waals surface area contributed by atoms with Crippen LogP contribution >= 0.6 is 11.8 Å². The zero-order valence-corrected chi connectivity index (χ0v) is 8.56. The number of aromatic nitrogens is 1. The van der Waals surface area contributed by atoms with Gasteiger partial charge < -0.3 is 9.73 Å². The van der Waals surface area contributed by atoms with Crippen LogP contribution in [0.1, 0.15) is 18.5 Å². The second kappa shape index (κ2) is 4.15. The van der Waals surface area contributed by atoms with Crippen LogP contribution in [0, 0.1) is 6.92 Å². The fraction of sp³-hybridized carbons (Fsp3) is 0.667. The second-order valence-electron chi connectivity index (χ2n) is 3.32. The third-order valence-corrected chi connectivity index (χ3v) is 3.35. The van der Waals surface area contributed by atoms with Crippen LogP contribution in [-0.4, -0.2) is 23.3 Å². The maximum Gasteiger partial charge on any atom is 0.256 e. The molecule has 0 unspecified atom stereocenters. The summed E-state index contributed by atoms with van der Waals surface area (Å²) < 4.78 is 5.30. The van der Waals surface area contributed by atoms with Gasteiger partial charge in [-0.1, -0.05) is 11.8 Å². The highest BCUT2D eigenvalue weighted by Gasteiger charge is 2.16. The molecule has 13 heavy (non-hydrogen) atoms. The van der Waals surface area contributed by atoms with Crippen LogP contribution < -0.4 is 5.32 Å². The first-order chi connectivity index (χ1) is 6.34. The monoisotopic (exact) mass is 198 g/mol. The molecule has 1 aliphatic heterocycles. The van der Waals surface area contributed by atoms with Gasteiger partial charge in [-0.3, -0.25) is 0 Å². The van der Waals surface area contributed by atoms with Crippen molar-refractivity contribution in [2.24, 2.45) is 0 Å². The third kappa shape index (κ3) is 2.48. The number of hydrogen-bond donors (Lipinski definition) is 1. The Morgan fingerprint density at radius 1 is 1.54 bits per heavy atom. The predicted molar refractivity (Wildman–Crippen MR) is 53.0 cm³/mol. The first kappa shape index (κ1) is 9.09. The highest BCUT2D eigenvalue weighted by atomic mass is 32.2. The highest BCUT2D eigenvalue weighted by Crippen LogP contribution is 2.27. The molecule has 0 amide bonds. The zero-order chi connectivity index (χ0) is 9.10. The van der Waals surface area contributed by atoms with Crippen LogP contribution in [0.4, 0.5) is 0 Å². The summed E-state index contributed by atoms with van der Waals surface area (Å²) in [5.41, 5.74) is 0.969. The fourth-order valence-electron chi connectivity index (χ4n) is 1.44. The summed E-state index contributed by atoms with van der Waals surface area (Å²) in [6.07, 6.45) is 4.14. The maximum absolute atomic E-state index is 5.30. The Bertz CT molecular complexity index is 268. The average molecular weight is 198 g/mol. The molecule has 2 heterocycles. The molecule has 0 spiro atoms. The van der Waals surface area contributed by atoms with Crippen molar-refractivity contribution in [3.63, 3.8) is 0 Å². The van der Waals surface area contributed by atoms with E-state index in [-0.39, 0.29) is 0 Å². The summed E-state index contributed by atoms with van der Waals surface area (Å²) >= 11 is 1.77. The summed E-state index contributed by atoms with van der Waals surface area (Å²) in [5.74, 6) is 0. The Hall–Kier alpha value is -0.480. The molecular weight excluding hydrogens is 184 g/mol. The molecule has 3 nitrogen and oxygen atoms in total. The van der Waals surface area contributed by atoms with Crippen molar-refractivity contribution in [2.45, 2.75) is 30.2 Å². The fourth-order valence-corrected chi connectivity index (χ4v) is 2.50. The smallest absolute Gasteiger partial charge is 0.256 e. The minimum Gasteiger partial charge on any atom is -0.440 e. The molecule has 2 rings (SSSR count). The SMILES string of the molecule is Cc1coc(SC2CCNCC2)n1. The van der Waals surface area contributed by atoms with Crippen LogP contribution in [0.2, 0.25) is 0 Å². The van der Waals surface area contributed by atoms with Gasteiger partial charge in [0, 0.05) is 5.25 Å². The molecule has 0 radical (unpaired) electrons. The Morgan fingerprint density at radius 2 is 2.31 bits per heavy atom. The molecule has 0 aliphatic carbocycles. The van der Waals surface area contributed by atoms with Gasteiger partial charge in [-0.05, 0) is 32.9 Å². The molecular formula is C9H14N2OS. The molecule has 0 atom stereocenters. The van der Waals surface area contributed by atoms with Crippen molar-refractivity contribution >= 4 is 11.8 Å². The summed E-state index contributed by atoms with van der Waals surface area (Å²) in [6.45, 7) is 4.20. The van der Waals surface area contributed by atoms with Crippen molar-refractivity contribution < 1.29 is 4.42 Å². The lowest BCUT2D eigenvalue weighted by molar-refractivity contribution is 0.449. The van der Waals surface area contributed by atoms with Gasteiger partial charge in [0.2, 0.25) is 0 Å². The van der Waals surface area contributed by atoms with Gasteiger partial charge in [0.15, 0.2) is 0 Å². The Morgan fingerprint density at radius 3 is 2.92 bits per heavy atom. The molecule has 1 aliphatic rings. The Kier molecular flexibility index (Phi) is 2.90. The van der Waals surface area contributed by atoms with Crippen LogP contribution in [0.25, 0.3) is 0 Å². The van der Waals surface area contributed by atoms with Crippen molar-refractivity contribution in [1.82, 2.24) is 10.3 Å². The van der Waals surface area contributed by atoms with Crippen molar-refractivity contribution in [3.05, 3.63) is 12.0 Å². The van der Waals surface area contributed by atoms with Gasteiger partial charge >= 0.3 is 0 Å². The first-order valence-corrected chi connectivity index (χ1v) is 5.52. The molecule has 4 heteroatoms. The van der Waals surface area contributed by atoms with E-state index in [0.29, 0.717) is 5.25 Å². The molecule has 1 N–H and O–H groups in total. The van der Waals surface area contributed by atoms with E-state index < -0.39 is 0 Å². The zero-order valence-electron chi connectivity index (χ0n) is 7.75. The van der Waals surface area contributed by atoms with E-state index in [9.17, 15) is 0 Å². The Balaban J connectivity index is 1.89. The summed E-state index contributed by atoms with van der Waals surface area (Å²) in [6, 6.07) is 0. The van der Waals surface area contributed by atoms with E-state index in [1.807, 2.05) is 6.92 Å². The minimum atomic E-state index is 0.680. The minimum absolute atomic E-state index is 0.680. The summed E-state index contributed by atoms with van der Waals surface area (Å²) in [4.78, 5) is 4.28. The normalized spacial score (nSPS) is 19.2. The molecule has 1 saturated heterocycles. The summed E-state index contributed by atoms with van der Waals surface area (Å²) in [5, 5.41) is 4.84. The van der Waals surface area contributed by atoms with Gasteiger partial charge in [0.25, 0.3) is 5.22 Å². The van der Waals surface area contributed by atoms with Gasteiger partial charge in [-0.25, -0.2) is 4.98 Å². The Labute approximate surface area is 82.3 Å². The van der Waals surface area contributed by atoms with Crippen LogP contribution in [0.5, 0.6) is 0 Å². The average Bonchev–Trinajstić information content (AvgIpc) is 2.53. The molecule has 0 saturated carbocycles. The van der Waals surface area contributed by atoms with E-state index in [4.69, 9.17) is 4.42 Å². The molecule has 72 valence electrons. The lowest BCUT2D eigenvalue weighted by Crippen LogP contribution is -2.29. The van der Waals surface area contributed by atoms with Gasteiger partial charge in [-0.2, -0.15) is 0 Å². The topological polar surface area (TPSA) is 38.1 Å². The first-order valence-electron chi connectivity index (χ1n) is 4.64. The van der Waals surface area contributed by atoms with Crippen LogP contribution in [-0.2, 0) is 0 Å². The third-order valence-electron chi connectivity index (χ3n) is 2.15. The number of oxazole rings is 1. The standard InChI is InChI=1S/C9H14N2OS/c1-7-6-12-9(11-7)13-8-2-4-10-5-3-8/h6,8,10H,2-5H2,1H3. The summed E-state index contributed by atoms with van der Waals surface area (Å²) in [7, 11) is 0. The quantitative estimate of drug-likeness (QED) is 0.786. The van der Waals surface area contributed by atoms with Crippen LogP contribution in [0.15, 0.2) is 15.9 Å². The number of thioether (sulfide) groups is 1. The number of hydrogen-bond acceptors (Lipinski definition) is 4. The highest BCUT2D eigenvalue weighted by molar-refractivity contribution is 7.99. The molecule has 1 aromatic heterocycles. The largest absolute Gasteiger partial charge is 0.440 e. The van der Waals surface area contributed by atoms with E-state index in [0.717, 1.165) is 24.0 Å². The second-order valence-corrected chi connectivity index (χ2v) is 4.57. The number of aryl methyl sites for hydroxylation is 1. The number of piperidine rings is 1. The number of nitrogens with one attached hydrogen (secondary N) is 1. The lowest BCUT2D eigenvalue weighted by Gasteiger charge is -2.20. The molecule has 0 aromatic carbocycles. The maximum atomic E-state index is 5.30. The van der Waals surface area contributed by atoms with Crippen molar-refractivity contribution in [2.75, 3.05) is 13.1 Å². The molecule has 0 bridgehead atoms. The van der Waals surface area contributed by atoms with E-state index in [1.165, 1.54) is 12.8 Å². The van der Waals surface area contributed by atoms with Gasteiger partial charge in [-0.15, -0.1) is 0 Å². The van der Waals surface area contributed by atoms with Crippen LogP contribution in [0.3, 0.4) is 0 Å². The van der Waals surface area contributed by atoms with Crippen molar-refractivity contribution in [1.29, 1.82) is 0 Å². The van der Waals surface area contributed by atoms with Crippen molar-refractivity contribution in [3.8, 4) is 0 Å². The van der Waals surface area contributed by atoms with E-state index in [2.05, 4.69) is 10.3 Å². The lowest BCUT2D eigenvalue weighted by atomic mass is 10.2. The number of nitrogens with zero attached hydrogens (tertiary/aromatic N) is 1. The predicted octanol–water partition coefficient (Wildman–Crippen LogP) is 1.83.